The number of aromatic nitrogens is 1. The van der Waals surface area contributed by atoms with Gasteiger partial charge in [0.1, 0.15) is 6.26 Å². The Labute approximate surface area is 112 Å². The van der Waals surface area contributed by atoms with Crippen LogP contribution in [0.15, 0.2) is 28.9 Å². The van der Waals surface area contributed by atoms with E-state index in [0.29, 0.717) is 6.42 Å². The summed E-state index contributed by atoms with van der Waals surface area (Å²) in [5.41, 5.74) is 0.204. The fraction of sp³-hybridized carbons (Fsp3) is 0.167. The van der Waals surface area contributed by atoms with E-state index in [0.717, 1.165) is 11.8 Å². The van der Waals surface area contributed by atoms with Gasteiger partial charge < -0.3 is 14.3 Å². The molecule has 2 aromatic rings. The van der Waals surface area contributed by atoms with Gasteiger partial charge in [0.15, 0.2) is 5.69 Å². The third-order valence-corrected chi connectivity index (χ3v) is 2.53. The van der Waals surface area contributed by atoms with E-state index in [1.165, 1.54) is 12.1 Å². The monoisotopic (exact) mass is 278 g/mol. The molecule has 0 unspecified atom stereocenters. The van der Waals surface area contributed by atoms with Gasteiger partial charge in [-0.1, -0.05) is 13.0 Å². The molecule has 0 fully saturated rings. The zero-order valence-electron chi connectivity index (χ0n) is 10.4. The molecule has 1 heterocycles. The van der Waals surface area contributed by atoms with Gasteiger partial charge in [-0.2, -0.15) is 4.98 Å². The van der Waals surface area contributed by atoms with E-state index in [1.807, 2.05) is 6.92 Å². The van der Waals surface area contributed by atoms with Crippen LogP contribution in [0.2, 0.25) is 0 Å². The topological polar surface area (TPSA) is 116 Å². The van der Waals surface area contributed by atoms with Gasteiger partial charge in [-0.25, -0.2) is 4.79 Å². The molecule has 1 aromatic carbocycles. The summed E-state index contributed by atoms with van der Waals surface area (Å²) in [6, 6.07) is 4.47. The second kappa shape index (κ2) is 5.39. The van der Waals surface area contributed by atoms with Crippen molar-refractivity contribution in [2.45, 2.75) is 13.3 Å². The van der Waals surface area contributed by atoms with Gasteiger partial charge in [0, 0.05) is 6.07 Å². The highest BCUT2D eigenvalue weighted by Gasteiger charge is 2.19. The van der Waals surface area contributed by atoms with Crippen LogP contribution in [-0.4, -0.2) is 21.0 Å². The molecule has 0 spiro atoms. The summed E-state index contributed by atoms with van der Waals surface area (Å²) in [4.78, 5) is 24.6. The lowest BCUT2D eigenvalue weighted by atomic mass is 10.1. The number of nitro benzene ring substituents is 1. The summed E-state index contributed by atoms with van der Waals surface area (Å²) in [7, 11) is 0. The fourth-order valence-electron chi connectivity index (χ4n) is 1.51. The fourth-order valence-corrected chi connectivity index (χ4v) is 1.51. The second-order valence-corrected chi connectivity index (χ2v) is 3.82. The Kier molecular flexibility index (Phi) is 3.65. The maximum atomic E-state index is 11.0. The lowest BCUT2D eigenvalue weighted by molar-refractivity contribution is -0.385. The number of carbonyl (C=O) groups is 1. The van der Waals surface area contributed by atoms with Crippen LogP contribution in [0.3, 0.4) is 0 Å². The number of hydrogen-bond donors (Lipinski definition) is 1. The average molecular weight is 278 g/mol. The van der Waals surface area contributed by atoms with E-state index in [2.05, 4.69) is 4.98 Å². The molecule has 1 aromatic heterocycles. The molecule has 0 aliphatic rings. The van der Waals surface area contributed by atoms with Crippen molar-refractivity contribution in [1.82, 2.24) is 4.98 Å². The number of aromatic carboxylic acids is 1. The van der Waals surface area contributed by atoms with Crippen LogP contribution in [0.4, 0.5) is 5.69 Å². The van der Waals surface area contributed by atoms with E-state index in [-0.39, 0.29) is 23.2 Å². The third-order valence-electron chi connectivity index (χ3n) is 2.53. The summed E-state index contributed by atoms with van der Waals surface area (Å²) in [5, 5.41) is 19.7. The molecule has 20 heavy (non-hydrogen) atoms. The van der Waals surface area contributed by atoms with E-state index in [1.54, 1.807) is 6.07 Å². The van der Waals surface area contributed by atoms with Crippen LogP contribution in [0.25, 0.3) is 0 Å². The van der Waals surface area contributed by atoms with E-state index >= 15 is 0 Å². The molecular formula is C12H10N2O6. The Morgan fingerprint density at radius 2 is 2.30 bits per heavy atom. The van der Waals surface area contributed by atoms with E-state index in [9.17, 15) is 14.9 Å². The lowest BCUT2D eigenvalue weighted by Gasteiger charge is -2.03. The minimum Gasteiger partial charge on any atom is -0.476 e. The van der Waals surface area contributed by atoms with E-state index < -0.39 is 10.9 Å². The molecule has 0 aliphatic carbocycles. The van der Waals surface area contributed by atoms with Gasteiger partial charge in [-0.15, -0.1) is 0 Å². The molecule has 0 bridgehead atoms. The molecule has 8 nitrogen and oxygen atoms in total. The van der Waals surface area contributed by atoms with Gasteiger partial charge in [0.2, 0.25) is 5.75 Å². The Hall–Kier alpha value is -2.90. The summed E-state index contributed by atoms with van der Waals surface area (Å²) < 4.78 is 9.90. The summed E-state index contributed by atoms with van der Waals surface area (Å²) in [6.07, 6.45) is 1.17. The Morgan fingerprint density at radius 1 is 1.55 bits per heavy atom. The van der Waals surface area contributed by atoms with Crippen molar-refractivity contribution >= 4 is 11.7 Å². The molecule has 0 atom stereocenters. The smallest absolute Gasteiger partial charge is 0.400 e. The van der Waals surface area contributed by atoms with Crippen LogP contribution < -0.4 is 4.74 Å². The van der Waals surface area contributed by atoms with Crippen molar-refractivity contribution in [2.24, 2.45) is 0 Å². The predicted octanol–water partition coefficient (Wildman–Crippen LogP) is 2.64. The van der Waals surface area contributed by atoms with Gasteiger partial charge in [0.25, 0.3) is 0 Å². The zero-order valence-corrected chi connectivity index (χ0v) is 10.4. The highest BCUT2D eigenvalue weighted by molar-refractivity contribution is 5.84. The molecule has 1 N–H and O–H groups in total. The van der Waals surface area contributed by atoms with Crippen molar-refractivity contribution in [2.75, 3.05) is 0 Å². The molecule has 104 valence electrons. The molecule has 0 amide bonds. The number of aryl methyl sites for hydroxylation is 1. The number of hydrogen-bond acceptors (Lipinski definition) is 6. The van der Waals surface area contributed by atoms with Crippen molar-refractivity contribution in [3.8, 4) is 11.8 Å². The van der Waals surface area contributed by atoms with Gasteiger partial charge >= 0.3 is 17.7 Å². The largest absolute Gasteiger partial charge is 0.476 e. The van der Waals surface area contributed by atoms with Crippen molar-refractivity contribution in [3.63, 3.8) is 0 Å². The first-order chi connectivity index (χ1) is 9.51. The normalized spacial score (nSPS) is 10.2. The van der Waals surface area contributed by atoms with Crippen LogP contribution in [0.1, 0.15) is 23.0 Å². The Balaban J connectivity index is 2.32. The summed E-state index contributed by atoms with van der Waals surface area (Å²) >= 11 is 0. The first-order valence-corrected chi connectivity index (χ1v) is 5.65. The number of nitro groups is 1. The average Bonchev–Trinajstić information content (AvgIpc) is 2.87. The number of ether oxygens (including phenoxy) is 1. The quantitative estimate of drug-likeness (QED) is 0.660. The van der Waals surface area contributed by atoms with Gasteiger partial charge in [-0.05, 0) is 18.1 Å². The maximum Gasteiger partial charge on any atom is 0.400 e. The Morgan fingerprint density at radius 3 is 2.85 bits per heavy atom. The van der Waals surface area contributed by atoms with Crippen LogP contribution in [0.5, 0.6) is 11.8 Å². The van der Waals surface area contributed by atoms with E-state index in [4.69, 9.17) is 14.3 Å². The summed E-state index contributed by atoms with van der Waals surface area (Å²) in [6.45, 7) is 1.87. The molecule has 0 saturated carbocycles. The minimum absolute atomic E-state index is 0.0639. The first kappa shape index (κ1) is 13.5. The number of nitrogens with zero attached hydrogens (tertiary/aromatic N) is 2. The molecule has 0 aliphatic heterocycles. The van der Waals surface area contributed by atoms with Crippen molar-refractivity contribution in [1.29, 1.82) is 0 Å². The third kappa shape index (κ3) is 2.74. The molecule has 0 radical (unpaired) electrons. The van der Waals surface area contributed by atoms with Gasteiger partial charge in [0.05, 0.1) is 4.92 Å². The molecule has 0 saturated heterocycles. The lowest BCUT2D eigenvalue weighted by Crippen LogP contribution is -1.97. The highest BCUT2D eigenvalue weighted by Crippen LogP contribution is 2.31. The van der Waals surface area contributed by atoms with Crippen LogP contribution >= 0.6 is 0 Å². The molecule has 8 heteroatoms. The molecular weight excluding hydrogens is 268 g/mol. The summed E-state index contributed by atoms with van der Waals surface area (Å²) in [5.74, 6) is -1.34. The number of rotatable bonds is 5. The first-order valence-electron chi connectivity index (χ1n) is 5.65. The van der Waals surface area contributed by atoms with Crippen molar-refractivity contribution < 1.29 is 24.0 Å². The van der Waals surface area contributed by atoms with Crippen molar-refractivity contribution in [3.05, 3.63) is 45.8 Å². The van der Waals surface area contributed by atoms with Gasteiger partial charge in [-0.3, -0.25) is 10.1 Å². The number of oxazole rings is 1. The standard InChI is InChI=1S/C12H10N2O6/c1-2-7-3-4-10(9(5-7)14(17)18)20-12-13-8(6-19-12)11(15)16/h3-6H,2H2,1H3,(H,15,16). The highest BCUT2D eigenvalue weighted by atomic mass is 16.6. The number of carboxylic acid groups (broad SMARTS) is 1. The predicted molar refractivity (Wildman–Crippen MR) is 66.0 cm³/mol. The SMILES string of the molecule is CCc1ccc(Oc2nc(C(=O)O)co2)c([N+](=O)[O-])c1. The Bertz CT molecular complexity index is 664. The molecule has 2 rings (SSSR count). The zero-order chi connectivity index (χ0) is 14.7. The second-order valence-electron chi connectivity index (χ2n) is 3.82. The number of benzene rings is 1. The number of carboxylic acids is 1. The minimum atomic E-state index is -1.28. The van der Waals surface area contributed by atoms with Crippen LogP contribution in [-0.2, 0) is 6.42 Å². The maximum absolute atomic E-state index is 11.0. The van der Waals surface area contributed by atoms with Crippen LogP contribution in [0, 0.1) is 10.1 Å².